The summed E-state index contributed by atoms with van der Waals surface area (Å²) in [4.78, 5) is 29.0. The zero-order valence-electron chi connectivity index (χ0n) is 21.3. The van der Waals surface area contributed by atoms with Gasteiger partial charge >= 0.3 is 0 Å². The third-order valence-electron chi connectivity index (χ3n) is 6.52. The second-order valence-corrected chi connectivity index (χ2v) is 10.5. The van der Waals surface area contributed by atoms with E-state index >= 15 is 0 Å². The van der Waals surface area contributed by atoms with E-state index in [1.54, 1.807) is 35.9 Å². The first kappa shape index (κ1) is 27.1. The standard InChI is InChI=1S/C26H36N6O4S/c1-18-28-22(16-37-18)25(26(35)27-17-32-23-7-4-3-6-21(23)29-30-32)31(14-5-15-36-2)24(34)13-10-19-8-11-20(33)12-9-19/h3-4,6-9,11-12,18,22,25,28-30,33H,5,10,13-17H2,1-2H3,(H,27,35). The first-order valence-corrected chi connectivity index (χ1v) is 13.6. The average molecular weight is 529 g/mol. The maximum Gasteiger partial charge on any atom is 0.245 e. The SMILES string of the molecule is COCCCN(C(=O)CCc1ccc(O)cc1)C(C(=O)NCN1NNc2ccccc21)C1CSC(C)N1. The highest BCUT2D eigenvalue weighted by molar-refractivity contribution is 8.00. The number of amides is 2. The molecule has 5 N–H and O–H groups in total. The minimum absolute atomic E-state index is 0.0815. The second kappa shape index (κ2) is 13.0. The third kappa shape index (κ3) is 7.07. The van der Waals surface area contributed by atoms with E-state index in [4.69, 9.17) is 4.74 Å². The summed E-state index contributed by atoms with van der Waals surface area (Å²) in [6.45, 7) is 3.23. The molecule has 0 aliphatic carbocycles. The van der Waals surface area contributed by atoms with Gasteiger partial charge in [0, 0.05) is 38.5 Å². The number of methoxy groups -OCH3 is 1. The van der Waals surface area contributed by atoms with Crippen LogP contribution in [0.15, 0.2) is 48.5 Å². The number of benzene rings is 2. The zero-order valence-corrected chi connectivity index (χ0v) is 22.1. The number of nitrogens with zero attached hydrogens (tertiary/aromatic N) is 2. The Morgan fingerprint density at radius 2 is 2.03 bits per heavy atom. The molecule has 2 heterocycles. The summed E-state index contributed by atoms with van der Waals surface area (Å²) in [5.74, 6) is 0.644. The second-order valence-electron chi connectivity index (χ2n) is 9.17. The van der Waals surface area contributed by atoms with Gasteiger partial charge in [0.2, 0.25) is 11.8 Å². The molecule has 2 aromatic carbocycles. The highest BCUT2D eigenvalue weighted by Gasteiger charge is 2.39. The number of ether oxygens (including phenoxy) is 1. The smallest absolute Gasteiger partial charge is 0.245 e. The highest BCUT2D eigenvalue weighted by Crippen LogP contribution is 2.28. The van der Waals surface area contributed by atoms with Gasteiger partial charge in [-0.2, -0.15) is 0 Å². The summed E-state index contributed by atoms with van der Waals surface area (Å²) in [5.41, 5.74) is 8.98. The summed E-state index contributed by atoms with van der Waals surface area (Å²) < 4.78 is 5.24. The number of aromatic hydroxyl groups is 1. The molecule has 3 unspecified atom stereocenters. The highest BCUT2D eigenvalue weighted by atomic mass is 32.2. The summed E-state index contributed by atoms with van der Waals surface area (Å²) in [6, 6.07) is 13.8. The summed E-state index contributed by atoms with van der Waals surface area (Å²) >= 11 is 1.74. The minimum Gasteiger partial charge on any atom is -0.508 e. The molecule has 2 amide bonds. The number of carbonyl (C=O) groups excluding carboxylic acids is 2. The lowest BCUT2D eigenvalue weighted by molar-refractivity contribution is -0.141. The molecule has 4 rings (SSSR count). The Balaban J connectivity index is 1.48. The number of nitrogens with one attached hydrogen (secondary N) is 4. The number of thioether (sulfide) groups is 1. The van der Waals surface area contributed by atoms with Crippen molar-refractivity contribution in [1.29, 1.82) is 0 Å². The summed E-state index contributed by atoms with van der Waals surface area (Å²) in [6.07, 6.45) is 1.42. The molecule has 3 atom stereocenters. The van der Waals surface area contributed by atoms with Gasteiger partial charge in [-0.05, 0) is 49.6 Å². The van der Waals surface area contributed by atoms with Gasteiger partial charge < -0.3 is 25.5 Å². The van der Waals surface area contributed by atoms with Gasteiger partial charge in [-0.3, -0.25) is 19.9 Å². The number of para-hydroxylation sites is 2. The average Bonchev–Trinajstić information content (AvgIpc) is 3.52. The van der Waals surface area contributed by atoms with Gasteiger partial charge in [-0.25, -0.2) is 0 Å². The van der Waals surface area contributed by atoms with Crippen LogP contribution in [0, 0.1) is 0 Å². The number of aryl methyl sites for hydroxylation is 1. The van der Waals surface area contributed by atoms with E-state index < -0.39 is 6.04 Å². The Bertz CT molecular complexity index is 1060. The number of hydrogen-bond acceptors (Lipinski definition) is 9. The van der Waals surface area contributed by atoms with E-state index in [0.717, 1.165) is 22.7 Å². The molecule has 0 radical (unpaired) electrons. The van der Waals surface area contributed by atoms with Crippen LogP contribution in [-0.4, -0.2) is 72.0 Å². The van der Waals surface area contributed by atoms with Crippen LogP contribution in [0.1, 0.15) is 25.3 Å². The number of phenolic OH excluding ortho intramolecular Hbond substituents is 1. The zero-order chi connectivity index (χ0) is 26.2. The predicted octanol–water partition coefficient (Wildman–Crippen LogP) is 2.03. The van der Waals surface area contributed by atoms with Crippen molar-refractivity contribution < 1.29 is 19.4 Å². The van der Waals surface area contributed by atoms with Crippen LogP contribution in [0.2, 0.25) is 0 Å². The van der Waals surface area contributed by atoms with Crippen molar-refractivity contribution >= 4 is 35.0 Å². The van der Waals surface area contributed by atoms with Gasteiger partial charge in [0.25, 0.3) is 0 Å². The van der Waals surface area contributed by atoms with E-state index in [2.05, 4.69) is 28.5 Å². The molecule has 10 nitrogen and oxygen atoms in total. The Morgan fingerprint density at radius 1 is 1.24 bits per heavy atom. The van der Waals surface area contributed by atoms with Crippen molar-refractivity contribution in [2.24, 2.45) is 0 Å². The quantitative estimate of drug-likeness (QED) is 0.264. The molecule has 0 spiro atoms. The van der Waals surface area contributed by atoms with Gasteiger partial charge in [0.15, 0.2) is 0 Å². The summed E-state index contributed by atoms with van der Waals surface area (Å²) in [5, 5.41) is 18.1. The molecular formula is C26H36N6O4S. The number of fused-ring (bicyclic) bond motifs is 1. The Labute approximate surface area is 222 Å². The molecule has 0 bridgehead atoms. The molecular weight excluding hydrogens is 492 g/mol. The van der Waals surface area contributed by atoms with Crippen molar-refractivity contribution in [2.45, 2.75) is 43.6 Å². The number of rotatable bonds is 12. The molecule has 1 saturated heterocycles. The number of anilines is 2. The van der Waals surface area contributed by atoms with Crippen molar-refractivity contribution in [3.05, 3.63) is 54.1 Å². The molecule has 0 aromatic heterocycles. The lowest BCUT2D eigenvalue weighted by Gasteiger charge is -2.35. The number of hydrazine groups is 2. The van der Waals surface area contributed by atoms with Gasteiger partial charge in [0.05, 0.1) is 16.7 Å². The molecule has 37 heavy (non-hydrogen) atoms. The van der Waals surface area contributed by atoms with Crippen molar-refractivity contribution in [2.75, 3.05) is 43.1 Å². The topological polar surface area (TPSA) is 118 Å². The Kier molecular flexibility index (Phi) is 9.51. The van der Waals surface area contributed by atoms with Crippen molar-refractivity contribution in [1.82, 2.24) is 21.1 Å². The van der Waals surface area contributed by atoms with Gasteiger partial charge in [-0.1, -0.05) is 24.3 Å². The van der Waals surface area contributed by atoms with Crippen LogP contribution < -0.4 is 26.6 Å². The fourth-order valence-corrected chi connectivity index (χ4v) is 5.66. The fraction of sp³-hybridized carbons (Fsp3) is 0.462. The lowest BCUT2D eigenvalue weighted by Crippen LogP contribution is -2.60. The van der Waals surface area contributed by atoms with E-state index in [1.165, 1.54) is 0 Å². The van der Waals surface area contributed by atoms with E-state index in [-0.39, 0.29) is 42.1 Å². The largest absolute Gasteiger partial charge is 0.508 e. The molecule has 2 aliphatic heterocycles. The Hall–Kier alpha value is -2.99. The van der Waals surface area contributed by atoms with Crippen molar-refractivity contribution in [3.63, 3.8) is 0 Å². The van der Waals surface area contributed by atoms with Crippen LogP contribution in [-0.2, 0) is 20.7 Å². The van der Waals surface area contributed by atoms with Crippen LogP contribution in [0.4, 0.5) is 11.4 Å². The molecule has 200 valence electrons. The monoisotopic (exact) mass is 528 g/mol. The number of phenols is 1. The van der Waals surface area contributed by atoms with Crippen LogP contribution in [0.3, 0.4) is 0 Å². The van der Waals surface area contributed by atoms with Crippen molar-refractivity contribution in [3.8, 4) is 5.75 Å². The van der Waals surface area contributed by atoms with E-state index in [9.17, 15) is 14.7 Å². The first-order valence-electron chi connectivity index (χ1n) is 12.6. The fourth-order valence-electron chi connectivity index (χ4n) is 4.61. The maximum absolute atomic E-state index is 13.7. The molecule has 0 saturated carbocycles. The van der Waals surface area contributed by atoms with Crippen LogP contribution >= 0.6 is 11.8 Å². The molecule has 2 aromatic rings. The van der Waals surface area contributed by atoms with E-state index in [0.29, 0.717) is 26.0 Å². The lowest BCUT2D eigenvalue weighted by atomic mass is 10.0. The minimum atomic E-state index is -0.660. The van der Waals surface area contributed by atoms with Gasteiger partial charge in [-0.15, -0.1) is 17.3 Å². The van der Waals surface area contributed by atoms with E-state index in [1.807, 2.05) is 41.4 Å². The number of carbonyl (C=O) groups is 2. The Morgan fingerprint density at radius 3 is 2.76 bits per heavy atom. The number of hydrogen-bond donors (Lipinski definition) is 5. The third-order valence-corrected chi connectivity index (χ3v) is 7.71. The molecule has 2 aliphatic rings. The molecule has 1 fully saturated rings. The first-order chi connectivity index (χ1) is 18.0. The van der Waals surface area contributed by atoms with Crippen LogP contribution in [0.5, 0.6) is 5.75 Å². The van der Waals surface area contributed by atoms with Gasteiger partial charge in [0.1, 0.15) is 18.5 Å². The van der Waals surface area contributed by atoms with Crippen LogP contribution in [0.25, 0.3) is 0 Å². The molecule has 11 heteroatoms. The summed E-state index contributed by atoms with van der Waals surface area (Å²) in [7, 11) is 1.63. The maximum atomic E-state index is 13.7. The normalized spacial score (nSPS) is 19.2. The predicted molar refractivity (Wildman–Crippen MR) is 146 cm³/mol.